The molecular formula is C26H25N3O3S. The Morgan fingerprint density at radius 2 is 1.61 bits per heavy atom. The van der Waals surface area contributed by atoms with Crippen LogP contribution in [0.1, 0.15) is 6.92 Å². The van der Waals surface area contributed by atoms with E-state index >= 15 is 0 Å². The number of ether oxygens (including phenoxy) is 2. The molecule has 0 spiro atoms. The molecule has 7 heteroatoms. The van der Waals surface area contributed by atoms with Gasteiger partial charge in [-0.05, 0) is 19.1 Å². The number of amides is 1. The van der Waals surface area contributed by atoms with Crippen LogP contribution in [-0.4, -0.2) is 35.3 Å². The summed E-state index contributed by atoms with van der Waals surface area (Å²) in [6.07, 6.45) is 0. The second kappa shape index (κ2) is 10.3. The molecule has 0 aliphatic heterocycles. The van der Waals surface area contributed by atoms with Gasteiger partial charge >= 0.3 is 0 Å². The van der Waals surface area contributed by atoms with Crippen LogP contribution < -0.4 is 14.8 Å². The fourth-order valence-corrected chi connectivity index (χ4v) is 4.20. The summed E-state index contributed by atoms with van der Waals surface area (Å²) >= 11 is 1.37. The maximum Gasteiger partial charge on any atom is 0.237 e. The van der Waals surface area contributed by atoms with E-state index in [-0.39, 0.29) is 5.91 Å². The Morgan fingerprint density at radius 3 is 2.24 bits per heavy atom. The lowest BCUT2D eigenvalue weighted by atomic mass is 10.1. The highest BCUT2D eigenvalue weighted by molar-refractivity contribution is 8.00. The van der Waals surface area contributed by atoms with Crippen LogP contribution in [0.2, 0.25) is 0 Å². The fraction of sp³-hybridized carbons (Fsp3) is 0.154. The number of hydrogen-bond donors (Lipinski definition) is 2. The number of methoxy groups -OCH3 is 2. The van der Waals surface area contributed by atoms with Crippen molar-refractivity contribution in [2.24, 2.45) is 0 Å². The molecule has 0 saturated carbocycles. The lowest BCUT2D eigenvalue weighted by Gasteiger charge is -2.14. The van der Waals surface area contributed by atoms with E-state index in [0.717, 1.165) is 22.5 Å². The van der Waals surface area contributed by atoms with E-state index < -0.39 is 5.25 Å². The fourth-order valence-electron chi connectivity index (χ4n) is 3.39. The summed E-state index contributed by atoms with van der Waals surface area (Å²) in [5, 5.41) is 3.21. The number of hydrogen-bond acceptors (Lipinski definition) is 5. The zero-order valence-electron chi connectivity index (χ0n) is 18.7. The third kappa shape index (κ3) is 5.21. The number of carbonyl (C=O) groups is 1. The Morgan fingerprint density at radius 1 is 0.939 bits per heavy atom. The van der Waals surface area contributed by atoms with Gasteiger partial charge in [-0.2, -0.15) is 0 Å². The minimum atomic E-state index is -0.403. The first-order chi connectivity index (χ1) is 16.1. The van der Waals surface area contributed by atoms with Crippen molar-refractivity contribution >= 4 is 23.4 Å². The molecule has 1 aromatic heterocycles. The van der Waals surface area contributed by atoms with Gasteiger partial charge in [0.2, 0.25) is 5.91 Å². The average molecular weight is 460 g/mol. The molecule has 2 N–H and O–H groups in total. The topological polar surface area (TPSA) is 76.2 Å². The summed E-state index contributed by atoms with van der Waals surface area (Å²) in [6.45, 7) is 1.85. The number of H-pyrrole nitrogens is 1. The van der Waals surface area contributed by atoms with Crippen LogP contribution in [0, 0.1) is 0 Å². The van der Waals surface area contributed by atoms with Crippen molar-refractivity contribution in [3.05, 3.63) is 78.9 Å². The highest BCUT2D eigenvalue weighted by atomic mass is 32.2. The molecule has 1 unspecified atom stereocenters. The number of carbonyl (C=O) groups excluding carboxylic acids is 1. The normalized spacial score (nSPS) is 11.6. The predicted molar refractivity (Wildman–Crippen MR) is 133 cm³/mol. The minimum Gasteiger partial charge on any atom is -0.497 e. The van der Waals surface area contributed by atoms with Crippen molar-refractivity contribution in [1.82, 2.24) is 9.97 Å². The van der Waals surface area contributed by atoms with Crippen LogP contribution in [0.4, 0.5) is 5.69 Å². The van der Waals surface area contributed by atoms with Crippen LogP contribution in [0.15, 0.2) is 84.0 Å². The molecule has 4 rings (SSSR count). The highest BCUT2D eigenvalue weighted by Crippen LogP contribution is 2.34. The summed E-state index contributed by atoms with van der Waals surface area (Å²) in [6, 6.07) is 25.4. The molecule has 4 aromatic rings. The van der Waals surface area contributed by atoms with Crippen molar-refractivity contribution in [2.75, 3.05) is 19.5 Å². The minimum absolute atomic E-state index is 0.162. The summed E-state index contributed by atoms with van der Waals surface area (Å²) in [7, 11) is 3.14. The first-order valence-corrected chi connectivity index (χ1v) is 11.4. The van der Waals surface area contributed by atoms with Gasteiger partial charge in [-0.25, -0.2) is 4.98 Å². The maximum absolute atomic E-state index is 12.9. The molecule has 33 heavy (non-hydrogen) atoms. The molecule has 1 atom stereocenters. The molecule has 0 aliphatic carbocycles. The lowest BCUT2D eigenvalue weighted by Crippen LogP contribution is -2.22. The number of thioether (sulfide) groups is 1. The Labute approximate surface area is 197 Å². The Kier molecular flexibility index (Phi) is 7.00. The molecule has 0 saturated heterocycles. The van der Waals surface area contributed by atoms with Crippen molar-refractivity contribution in [3.63, 3.8) is 0 Å². The zero-order valence-corrected chi connectivity index (χ0v) is 19.5. The van der Waals surface area contributed by atoms with Gasteiger partial charge in [0.05, 0.1) is 36.5 Å². The van der Waals surface area contributed by atoms with Crippen molar-refractivity contribution in [1.29, 1.82) is 0 Å². The first kappa shape index (κ1) is 22.5. The van der Waals surface area contributed by atoms with Gasteiger partial charge in [-0.1, -0.05) is 72.4 Å². The van der Waals surface area contributed by atoms with Crippen LogP contribution in [0.5, 0.6) is 11.5 Å². The molecule has 0 fully saturated rings. The van der Waals surface area contributed by atoms with Crippen LogP contribution >= 0.6 is 11.8 Å². The largest absolute Gasteiger partial charge is 0.497 e. The van der Waals surface area contributed by atoms with E-state index in [1.807, 2.05) is 67.6 Å². The van der Waals surface area contributed by atoms with Gasteiger partial charge in [-0.3, -0.25) is 4.79 Å². The van der Waals surface area contributed by atoms with Gasteiger partial charge in [0, 0.05) is 17.2 Å². The molecule has 0 bridgehead atoms. The SMILES string of the molecule is COc1ccc(OC)c(NC(=O)C(C)Sc2nc(-c3ccccc3)c(-c3ccccc3)[nH]2)c1. The smallest absolute Gasteiger partial charge is 0.237 e. The van der Waals surface area contributed by atoms with E-state index in [9.17, 15) is 4.79 Å². The highest BCUT2D eigenvalue weighted by Gasteiger charge is 2.21. The molecule has 0 radical (unpaired) electrons. The van der Waals surface area contributed by atoms with E-state index in [2.05, 4.69) is 10.3 Å². The molecule has 3 aromatic carbocycles. The Hall–Kier alpha value is -3.71. The van der Waals surface area contributed by atoms with Crippen molar-refractivity contribution in [2.45, 2.75) is 17.3 Å². The number of benzene rings is 3. The number of nitrogens with zero attached hydrogens (tertiary/aromatic N) is 1. The Bertz CT molecular complexity index is 1170. The lowest BCUT2D eigenvalue weighted by molar-refractivity contribution is -0.115. The molecule has 6 nitrogen and oxygen atoms in total. The second-order valence-electron chi connectivity index (χ2n) is 7.31. The average Bonchev–Trinajstić information content (AvgIpc) is 3.28. The van der Waals surface area contributed by atoms with Gasteiger partial charge < -0.3 is 19.8 Å². The van der Waals surface area contributed by atoms with Crippen LogP contribution in [0.3, 0.4) is 0 Å². The van der Waals surface area contributed by atoms with Gasteiger partial charge in [-0.15, -0.1) is 0 Å². The van der Waals surface area contributed by atoms with Gasteiger partial charge in [0.1, 0.15) is 11.5 Å². The quantitative estimate of drug-likeness (QED) is 0.322. The number of aromatic nitrogens is 2. The first-order valence-electron chi connectivity index (χ1n) is 10.5. The van der Waals surface area contributed by atoms with Crippen LogP contribution in [0.25, 0.3) is 22.5 Å². The number of rotatable bonds is 8. The number of aromatic amines is 1. The summed E-state index contributed by atoms with van der Waals surface area (Å²) in [5.74, 6) is 1.04. The maximum atomic E-state index is 12.9. The van der Waals surface area contributed by atoms with E-state index in [4.69, 9.17) is 14.5 Å². The van der Waals surface area contributed by atoms with Gasteiger partial charge in [0.25, 0.3) is 0 Å². The third-order valence-electron chi connectivity index (χ3n) is 5.11. The van der Waals surface area contributed by atoms with Crippen molar-refractivity contribution < 1.29 is 14.3 Å². The summed E-state index contributed by atoms with van der Waals surface area (Å²) in [4.78, 5) is 21.2. The molecule has 0 aliphatic rings. The van der Waals surface area contributed by atoms with E-state index in [0.29, 0.717) is 22.3 Å². The second-order valence-corrected chi connectivity index (χ2v) is 8.64. The summed E-state index contributed by atoms with van der Waals surface area (Å²) in [5.41, 5.74) is 4.38. The molecule has 1 heterocycles. The third-order valence-corrected chi connectivity index (χ3v) is 6.10. The Balaban J connectivity index is 1.58. The predicted octanol–water partition coefficient (Wildman–Crippen LogP) is 5.88. The van der Waals surface area contributed by atoms with Crippen molar-refractivity contribution in [3.8, 4) is 34.0 Å². The molecule has 1 amide bonds. The monoisotopic (exact) mass is 459 g/mol. The van der Waals surface area contributed by atoms with Crippen LogP contribution in [-0.2, 0) is 4.79 Å². The van der Waals surface area contributed by atoms with E-state index in [1.54, 1.807) is 32.4 Å². The number of anilines is 1. The standard InChI is InChI=1S/C26H25N3O3S/c1-17(25(30)27-21-16-20(31-2)14-15-22(21)32-3)33-26-28-23(18-10-6-4-7-11-18)24(29-26)19-12-8-5-9-13-19/h4-17H,1-3H3,(H,27,30)(H,28,29). The number of imidazole rings is 1. The molecule has 168 valence electrons. The molecular weight excluding hydrogens is 434 g/mol. The zero-order chi connectivity index (χ0) is 23.2. The van der Waals surface area contributed by atoms with E-state index in [1.165, 1.54) is 11.8 Å². The van der Waals surface area contributed by atoms with Gasteiger partial charge in [0.15, 0.2) is 5.16 Å². The summed E-state index contributed by atoms with van der Waals surface area (Å²) < 4.78 is 10.6. The number of nitrogens with one attached hydrogen (secondary N) is 2.